The van der Waals surface area contributed by atoms with Crippen LogP contribution in [0.25, 0.3) is 11.3 Å². The molecule has 3 atom stereocenters. The standard InChI is InChI=1S/C19H22F3N5O2/c1-9(2)27-14(16-12-6-26(17(12)16)11-7-28-8-11)4-13(25-27)10-3-15(18(23)24-5-10)29-19(20,21)22/h3-5,9,11-12,16-17H,6-8H2,1-2H3,(H2,23,24). The summed E-state index contributed by atoms with van der Waals surface area (Å²) in [5.41, 5.74) is 7.67. The summed E-state index contributed by atoms with van der Waals surface area (Å²) in [7, 11) is 0. The topological polar surface area (TPSA) is 78.4 Å². The largest absolute Gasteiger partial charge is 0.573 e. The lowest BCUT2D eigenvalue weighted by atomic mass is 10.1. The molecule has 1 aliphatic carbocycles. The van der Waals surface area contributed by atoms with E-state index in [4.69, 9.17) is 10.5 Å². The van der Waals surface area contributed by atoms with Crippen LogP contribution in [0.2, 0.25) is 0 Å². The summed E-state index contributed by atoms with van der Waals surface area (Å²) in [6.07, 6.45) is -3.41. The number of ether oxygens (including phenoxy) is 2. The highest BCUT2D eigenvalue weighted by molar-refractivity contribution is 5.64. The zero-order valence-electron chi connectivity index (χ0n) is 16.1. The molecule has 4 heterocycles. The Bertz CT molecular complexity index is 940. The van der Waals surface area contributed by atoms with E-state index in [1.807, 2.05) is 24.6 Å². The first kappa shape index (κ1) is 18.7. The van der Waals surface area contributed by atoms with Crippen LogP contribution >= 0.6 is 0 Å². The van der Waals surface area contributed by atoms with E-state index in [1.165, 1.54) is 12.3 Å². The number of alkyl halides is 3. The number of fused-ring (bicyclic) bond motifs is 1. The fourth-order valence-corrected chi connectivity index (χ4v) is 4.47. The maximum absolute atomic E-state index is 12.6. The van der Waals surface area contributed by atoms with E-state index < -0.39 is 12.1 Å². The molecule has 2 aromatic rings. The smallest absolute Gasteiger partial charge is 0.402 e. The molecular weight excluding hydrogens is 387 g/mol. The van der Waals surface area contributed by atoms with Crippen molar-refractivity contribution in [1.82, 2.24) is 19.7 Å². The van der Waals surface area contributed by atoms with Gasteiger partial charge in [-0.15, -0.1) is 13.2 Å². The SMILES string of the molecule is CC(C)n1nc(-c2cnc(N)c(OC(F)(F)F)c2)cc1C1C2CN(C3COC3)C21. The van der Waals surface area contributed by atoms with E-state index in [2.05, 4.69) is 19.7 Å². The molecule has 2 saturated heterocycles. The fourth-order valence-electron chi connectivity index (χ4n) is 4.47. The number of likely N-dealkylation sites (tertiary alicyclic amines) is 1. The molecule has 3 unspecified atom stereocenters. The van der Waals surface area contributed by atoms with Crippen molar-refractivity contribution in [2.75, 3.05) is 25.5 Å². The summed E-state index contributed by atoms with van der Waals surface area (Å²) in [4.78, 5) is 6.36. The number of nitrogens with zero attached hydrogens (tertiary/aromatic N) is 4. The van der Waals surface area contributed by atoms with E-state index in [9.17, 15) is 13.2 Å². The van der Waals surface area contributed by atoms with E-state index in [0.29, 0.717) is 35.2 Å². The Morgan fingerprint density at radius 2 is 2.03 bits per heavy atom. The average Bonchev–Trinajstić information content (AvgIpc) is 2.95. The van der Waals surface area contributed by atoms with Crippen LogP contribution in [0.15, 0.2) is 18.3 Å². The van der Waals surface area contributed by atoms with Crippen LogP contribution in [0.5, 0.6) is 5.75 Å². The predicted octanol–water partition coefficient (Wildman–Crippen LogP) is 2.80. The van der Waals surface area contributed by atoms with Gasteiger partial charge < -0.3 is 15.2 Å². The van der Waals surface area contributed by atoms with Gasteiger partial charge in [-0.3, -0.25) is 9.58 Å². The first-order valence-corrected chi connectivity index (χ1v) is 9.67. The van der Waals surface area contributed by atoms with Crippen LogP contribution in [-0.2, 0) is 4.74 Å². The Balaban J connectivity index is 1.44. The van der Waals surface area contributed by atoms with Gasteiger partial charge in [-0.1, -0.05) is 0 Å². The number of halogens is 3. The molecule has 29 heavy (non-hydrogen) atoms. The van der Waals surface area contributed by atoms with Crippen molar-refractivity contribution >= 4 is 5.82 Å². The van der Waals surface area contributed by atoms with Gasteiger partial charge in [0.2, 0.25) is 0 Å². The molecule has 2 N–H and O–H groups in total. The summed E-state index contributed by atoms with van der Waals surface area (Å²) in [6, 6.07) is 4.36. The van der Waals surface area contributed by atoms with Gasteiger partial charge in [0, 0.05) is 42.0 Å². The molecule has 10 heteroatoms. The number of nitrogens with two attached hydrogens (primary N) is 1. The second-order valence-corrected chi connectivity index (χ2v) is 8.22. The summed E-state index contributed by atoms with van der Waals surface area (Å²) < 4.78 is 49.2. The van der Waals surface area contributed by atoms with Gasteiger partial charge in [-0.05, 0) is 31.9 Å². The van der Waals surface area contributed by atoms with Crippen LogP contribution in [0.1, 0.15) is 31.5 Å². The van der Waals surface area contributed by atoms with Gasteiger partial charge in [0.15, 0.2) is 11.6 Å². The summed E-state index contributed by atoms with van der Waals surface area (Å²) in [6.45, 7) is 6.74. The molecule has 0 radical (unpaired) electrons. The quantitative estimate of drug-likeness (QED) is 0.818. The normalized spacial score (nSPS) is 26.8. The minimum atomic E-state index is -4.83. The Labute approximate surface area is 165 Å². The lowest BCUT2D eigenvalue weighted by molar-refractivity contribution is -0.274. The van der Waals surface area contributed by atoms with Gasteiger partial charge in [0.1, 0.15) is 0 Å². The first-order valence-electron chi connectivity index (χ1n) is 9.67. The molecule has 0 spiro atoms. The monoisotopic (exact) mass is 409 g/mol. The molecule has 7 nitrogen and oxygen atoms in total. The number of rotatable bonds is 5. The molecular formula is C19H22F3N5O2. The van der Waals surface area contributed by atoms with Crippen LogP contribution in [0.4, 0.5) is 19.0 Å². The van der Waals surface area contributed by atoms with Crippen molar-refractivity contribution in [3.05, 3.63) is 24.0 Å². The van der Waals surface area contributed by atoms with Gasteiger partial charge in [-0.25, -0.2) is 4.98 Å². The number of hydrogen-bond donors (Lipinski definition) is 1. The van der Waals surface area contributed by atoms with E-state index >= 15 is 0 Å². The van der Waals surface area contributed by atoms with Gasteiger partial charge in [-0.2, -0.15) is 5.10 Å². The van der Waals surface area contributed by atoms with Crippen LogP contribution in [-0.4, -0.2) is 57.9 Å². The summed E-state index contributed by atoms with van der Waals surface area (Å²) in [5, 5.41) is 4.66. The number of anilines is 1. The molecule has 0 amide bonds. The Kier molecular flexibility index (Phi) is 4.08. The first-order chi connectivity index (χ1) is 13.7. The third-order valence-corrected chi connectivity index (χ3v) is 6.02. The maximum Gasteiger partial charge on any atom is 0.573 e. The Morgan fingerprint density at radius 3 is 2.66 bits per heavy atom. The van der Waals surface area contributed by atoms with E-state index in [0.717, 1.165) is 25.5 Å². The highest BCUT2D eigenvalue weighted by Gasteiger charge is 2.65. The van der Waals surface area contributed by atoms with Crippen LogP contribution in [0, 0.1) is 5.92 Å². The Morgan fingerprint density at radius 1 is 1.28 bits per heavy atom. The predicted molar refractivity (Wildman–Crippen MR) is 98.3 cm³/mol. The molecule has 156 valence electrons. The zero-order valence-corrected chi connectivity index (χ0v) is 16.1. The van der Waals surface area contributed by atoms with Crippen molar-refractivity contribution in [3.8, 4) is 17.0 Å². The number of hydrogen-bond acceptors (Lipinski definition) is 6. The average molecular weight is 409 g/mol. The molecule has 0 bridgehead atoms. The molecule has 2 aromatic heterocycles. The summed E-state index contributed by atoms with van der Waals surface area (Å²) in [5.74, 6) is 0.185. The van der Waals surface area contributed by atoms with Gasteiger partial charge in [0.05, 0.1) is 24.9 Å². The molecule has 1 saturated carbocycles. The van der Waals surface area contributed by atoms with Crippen molar-refractivity contribution < 1.29 is 22.6 Å². The van der Waals surface area contributed by atoms with E-state index in [-0.39, 0.29) is 11.9 Å². The highest BCUT2D eigenvalue weighted by Crippen LogP contribution is 2.60. The lowest BCUT2D eigenvalue weighted by Gasteiger charge is -2.42. The van der Waals surface area contributed by atoms with Crippen molar-refractivity contribution in [3.63, 3.8) is 0 Å². The molecule has 0 aromatic carbocycles. The third-order valence-electron chi connectivity index (χ3n) is 6.02. The maximum atomic E-state index is 12.6. The minimum absolute atomic E-state index is 0.131. The van der Waals surface area contributed by atoms with Crippen molar-refractivity contribution in [2.24, 2.45) is 5.92 Å². The second kappa shape index (κ2) is 6.33. The van der Waals surface area contributed by atoms with Crippen molar-refractivity contribution in [1.29, 1.82) is 0 Å². The van der Waals surface area contributed by atoms with Crippen LogP contribution in [0.3, 0.4) is 0 Å². The second-order valence-electron chi connectivity index (χ2n) is 8.22. The van der Waals surface area contributed by atoms with Crippen LogP contribution < -0.4 is 10.5 Å². The lowest BCUT2D eigenvalue weighted by Crippen LogP contribution is -2.55. The summed E-state index contributed by atoms with van der Waals surface area (Å²) >= 11 is 0. The zero-order chi connectivity index (χ0) is 20.5. The molecule has 2 aliphatic heterocycles. The minimum Gasteiger partial charge on any atom is -0.402 e. The highest BCUT2D eigenvalue weighted by atomic mass is 19.4. The molecule has 3 aliphatic rings. The number of nitrogen functional groups attached to an aromatic ring is 1. The number of aromatic nitrogens is 3. The Hall–Kier alpha value is -2.33. The molecule has 5 rings (SSSR count). The molecule has 3 fully saturated rings. The third kappa shape index (κ3) is 3.14. The van der Waals surface area contributed by atoms with Gasteiger partial charge in [0.25, 0.3) is 0 Å². The fraction of sp³-hybridized carbons (Fsp3) is 0.579. The van der Waals surface area contributed by atoms with Gasteiger partial charge >= 0.3 is 6.36 Å². The number of pyridine rings is 1. The van der Waals surface area contributed by atoms with Crippen molar-refractivity contribution in [2.45, 2.75) is 44.3 Å². The van der Waals surface area contributed by atoms with E-state index in [1.54, 1.807) is 0 Å².